The molecule has 0 aliphatic heterocycles. The summed E-state index contributed by atoms with van der Waals surface area (Å²) in [5, 5.41) is 0. The highest BCUT2D eigenvalue weighted by Crippen LogP contribution is 2.30. The predicted molar refractivity (Wildman–Crippen MR) is 96.6 cm³/mol. The second-order valence-electron chi connectivity index (χ2n) is 6.43. The normalized spacial score (nSPS) is 14.2. The number of rotatable bonds is 7. The van der Waals surface area contributed by atoms with E-state index >= 15 is 0 Å². The maximum absolute atomic E-state index is 14.0. The lowest BCUT2D eigenvalue weighted by atomic mass is 10.1. The molecular formula is C19H20F2N2O3S. The van der Waals surface area contributed by atoms with Gasteiger partial charge in [-0.05, 0) is 37.1 Å². The topological polar surface area (TPSA) is 66.5 Å². The summed E-state index contributed by atoms with van der Waals surface area (Å²) >= 11 is 0. The van der Waals surface area contributed by atoms with Crippen LogP contribution >= 0.6 is 0 Å². The Balaban J connectivity index is 1.88. The molecule has 5 nitrogen and oxygen atoms in total. The summed E-state index contributed by atoms with van der Waals surface area (Å²) < 4.78 is 53.8. The number of hydrogen-bond acceptors (Lipinski definition) is 3. The van der Waals surface area contributed by atoms with Gasteiger partial charge in [-0.25, -0.2) is 21.9 Å². The Bertz CT molecular complexity index is 959. The van der Waals surface area contributed by atoms with Gasteiger partial charge in [-0.15, -0.1) is 0 Å². The zero-order chi connectivity index (χ0) is 19.6. The smallest absolute Gasteiger partial charge is 0.254 e. The summed E-state index contributed by atoms with van der Waals surface area (Å²) in [6, 6.07) is 8.99. The molecule has 1 aliphatic carbocycles. The lowest BCUT2D eigenvalue weighted by Gasteiger charge is -2.23. The number of nitrogens with zero attached hydrogens (tertiary/aromatic N) is 1. The quantitative estimate of drug-likeness (QED) is 0.785. The van der Waals surface area contributed by atoms with E-state index < -0.39 is 21.7 Å². The maximum atomic E-state index is 14.0. The number of carbonyl (C=O) groups excluding carboxylic acids is 1. The molecule has 0 saturated heterocycles. The van der Waals surface area contributed by atoms with Gasteiger partial charge in [0.2, 0.25) is 10.0 Å². The molecule has 8 heteroatoms. The number of amides is 1. The third-order valence-electron chi connectivity index (χ3n) is 4.33. The van der Waals surface area contributed by atoms with E-state index in [0.29, 0.717) is 0 Å². The van der Waals surface area contributed by atoms with Gasteiger partial charge in [0, 0.05) is 36.3 Å². The van der Waals surface area contributed by atoms with E-state index in [1.54, 1.807) is 6.92 Å². The molecule has 27 heavy (non-hydrogen) atoms. The van der Waals surface area contributed by atoms with Crippen molar-refractivity contribution in [2.24, 2.45) is 0 Å². The van der Waals surface area contributed by atoms with Crippen molar-refractivity contribution in [2.75, 3.05) is 6.54 Å². The number of nitrogens with one attached hydrogen (secondary N) is 1. The monoisotopic (exact) mass is 394 g/mol. The van der Waals surface area contributed by atoms with Crippen LogP contribution in [-0.2, 0) is 16.6 Å². The summed E-state index contributed by atoms with van der Waals surface area (Å²) in [6.07, 6.45) is 1.59. The second-order valence-corrected chi connectivity index (χ2v) is 8.20. The SMILES string of the molecule is CCNS(=O)(=O)c1cccc(C(=O)N(Cc2ccc(F)cc2F)C2CC2)c1. The fourth-order valence-electron chi connectivity index (χ4n) is 2.82. The molecule has 1 saturated carbocycles. The summed E-state index contributed by atoms with van der Waals surface area (Å²) in [5.41, 5.74) is 0.427. The molecule has 2 aromatic rings. The van der Waals surface area contributed by atoms with Gasteiger partial charge in [0.05, 0.1) is 4.90 Å². The fourth-order valence-corrected chi connectivity index (χ4v) is 3.91. The minimum Gasteiger partial charge on any atom is -0.331 e. The zero-order valence-corrected chi connectivity index (χ0v) is 15.6. The molecule has 3 rings (SSSR count). The van der Waals surface area contributed by atoms with E-state index in [9.17, 15) is 22.0 Å². The van der Waals surface area contributed by atoms with Crippen LogP contribution in [-0.4, -0.2) is 31.8 Å². The lowest BCUT2D eigenvalue weighted by Crippen LogP contribution is -2.33. The minimum atomic E-state index is -3.69. The van der Waals surface area contributed by atoms with Crippen LogP contribution in [0.2, 0.25) is 0 Å². The molecule has 144 valence electrons. The van der Waals surface area contributed by atoms with Crippen molar-refractivity contribution >= 4 is 15.9 Å². The Morgan fingerprint density at radius 3 is 2.56 bits per heavy atom. The number of benzene rings is 2. The Morgan fingerprint density at radius 1 is 1.19 bits per heavy atom. The van der Waals surface area contributed by atoms with Crippen molar-refractivity contribution in [3.63, 3.8) is 0 Å². The molecule has 2 aromatic carbocycles. The Hall–Kier alpha value is -2.32. The van der Waals surface area contributed by atoms with E-state index in [1.165, 1.54) is 35.2 Å². The van der Waals surface area contributed by atoms with Crippen LogP contribution in [0.25, 0.3) is 0 Å². The largest absolute Gasteiger partial charge is 0.331 e. The van der Waals surface area contributed by atoms with Crippen molar-refractivity contribution in [3.8, 4) is 0 Å². The van der Waals surface area contributed by atoms with Gasteiger partial charge >= 0.3 is 0 Å². The van der Waals surface area contributed by atoms with E-state index in [-0.39, 0.29) is 41.1 Å². The van der Waals surface area contributed by atoms with E-state index in [0.717, 1.165) is 25.0 Å². The second kappa shape index (κ2) is 7.74. The summed E-state index contributed by atoms with van der Waals surface area (Å²) in [4.78, 5) is 14.5. The third kappa shape index (κ3) is 4.51. The zero-order valence-electron chi connectivity index (χ0n) is 14.8. The standard InChI is InChI=1S/C19H20F2N2O3S/c1-2-22-27(25,26)17-5-3-4-13(10-17)19(24)23(16-8-9-16)12-14-6-7-15(20)11-18(14)21/h3-7,10-11,16,22H,2,8-9,12H2,1H3. The lowest BCUT2D eigenvalue weighted by molar-refractivity contribution is 0.0728. The molecule has 1 aliphatic rings. The first-order valence-corrected chi connectivity index (χ1v) is 10.1. The predicted octanol–water partition coefficient (Wildman–Crippen LogP) is 3.07. The Kier molecular flexibility index (Phi) is 5.57. The van der Waals surface area contributed by atoms with Gasteiger partial charge in [-0.3, -0.25) is 4.79 Å². The number of sulfonamides is 1. The van der Waals surface area contributed by atoms with Crippen LogP contribution in [0.3, 0.4) is 0 Å². The molecule has 1 amide bonds. The van der Waals surface area contributed by atoms with Crippen molar-refractivity contribution in [1.29, 1.82) is 0 Å². The van der Waals surface area contributed by atoms with Crippen LogP contribution in [0.5, 0.6) is 0 Å². The van der Waals surface area contributed by atoms with E-state index in [1.807, 2.05) is 0 Å². The van der Waals surface area contributed by atoms with Crippen molar-refractivity contribution in [2.45, 2.75) is 37.2 Å². The van der Waals surface area contributed by atoms with Gasteiger partial charge in [0.25, 0.3) is 5.91 Å². The molecule has 1 fully saturated rings. The van der Waals surface area contributed by atoms with Gasteiger partial charge < -0.3 is 4.90 Å². The molecule has 0 unspecified atom stereocenters. The van der Waals surface area contributed by atoms with Crippen molar-refractivity contribution < 1.29 is 22.0 Å². The first kappa shape index (κ1) is 19.4. The Morgan fingerprint density at radius 2 is 1.93 bits per heavy atom. The van der Waals surface area contributed by atoms with E-state index in [4.69, 9.17) is 0 Å². The molecule has 0 radical (unpaired) electrons. The van der Waals surface area contributed by atoms with Crippen LogP contribution in [0.4, 0.5) is 8.78 Å². The average molecular weight is 394 g/mol. The van der Waals surface area contributed by atoms with Crippen molar-refractivity contribution in [1.82, 2.24) is 9.62 Å². The summed E-state index contributed by atoms with van der Waals surface area (Å²) in [6.45, 7) is 1.90. The Labute approximate surface area is 157 Å². The van der Waals surface area contributed by atoms with Gasteiger partial charge in [0.15, 0.2) is 0 Å². The first-order valence-electron chi connectivity index (χ1n) is 8.66. The highest BCUT2D eigenvalue weighted by atomic mass is 32.2. The molecule has 0 heterocycles. The third-order valence-corrected chi connectivity index (χ3v) is 5.87. The molecule has 1 N–H and O–H groups in total. The molecule has 0 aromatic heterocycles. The van der Waals surface area contributed by atoms with E-state index in [2.05, 4.69) is 4.72 Å². The highest BCUT2D eigenvalue weighted by molar-refractivity contribution is 7.89. The average Bonchev–Trinajstić information content (AvgIpc) is 3.46. The summed E-state index contributed by atoms with van der Waals surface area (Å²) in [5.74, 6) is -1.77. The van der Waals surface area contributed by atoms with Crippen LogP contribution in [0.15, 0.2) is 47.4 Å². The van der Waals surface area contributed by atoms with Gasteiger partial charge in [0.1, 0.15) is 11.6 Å². The van der Waals surface area contributed by atoms with Gasteiger partial charge in [-0.1, -0.05) is 19.1 Å². The van der Waals surface area contributed by atoms with Crippen LogP contribution < -0.4 is 4.72 Å². The van der Waals surface area contributed by atoms with Gasteiger partial charge in [-0.2, -0.15) is 0 Å². The maximum Gasteiger partial charge on any atom is 0.254 e. The molecule has 0 atom stereocenters. The first-order chi connectivity index (χ1) is 12.8. The highest BCUT2D eigenvalue weighted by Gasteiger charge is 2.34. The fraction of sp³-hybridized carbons (Fsp3) is 0.316. The van der Waals surface area contributed by atoms with Crippen molar-refractivity contribution in [3.05, 3.63) is 65.2 Å². The summed E-state index contributed by atoms with van der Waals surface area (Å²) in [7, 11) is -3.69. The molecule has 0 spiro atoms. The molecule has 0 bridgehead atoms. The number of carbonyl (C=O) groups is 1. The van der Waals surface area contributed by atoms with Crippen LogP contribution in [0.1, 0.15) is 35.7 Å². The number of hydrogen-bond donors (Lipinski definition) is 1. The van der Waals surface area contributed by atoms with Crippen LogP contribution in [0, 0.1) is 11.6 Å². The number of halogens is 2. The molecular weight excluding hydrogens is 374 g/mol. The minimum absolute atomic E-state index is 0.000197.